The van der Waals surface area contributed by atoms with Crippen LogP contribution in [-0.4, -0.2) is 23.5 Å². The van der Waals surface area contributed by atoms with E-state index in [0.29, 0.717) is 19.1 Å². The van der Waals surface area contributed by atoms with E-state index in [0.717, 1.165) is 17.1 Å². The number of rotatable bonds is 6. The molecular formula is C18H26N4O2. The molecule has 1 aliphatic carbocycles. The van der Waals surface area contributed by atoms with Crippen LogP contribution in [0.1, 0.15) is 44.6 Å². The summed E-state index contributed by atoms with van der Waals surface area (Å²) in [6.45, 7) is 7.04. The molecule has 1 fully saturated rings. The quantitative estimate of drug-likeness (QED) is 0.275. The molecule has 2 rings (SSSR count). The van der Waals surface area contributed by atoms with Gasteiger partial charge < -0.3 is 10.6 Å². The van der Waals surface area contributed by atoms with Gasteiger partial charge in [0.2, 0.25) is 0 Å². The second-order valence-electron chi connectivity index (χ2n) is 6.38. The highest BCUT2D eigenvalue weighted by Gasteiger charge is 2.14. The SMILES string of the molecule is C=C(C)CNC(=NCc1ccc([N+](=O)[O-])cc1)NC1CCCCC1. The van der Waals surface area contributed by atoms with E-state index in [1.807, 2.05) is 6.92 Å². The molecule has 24 heavy (non-hydrogen) atoms. The first-order valence-electron chi connectivity index (χ1n) is 8.47. The molecule has 0 heterocycles. The molecule has 0 saturated heterocycles. The molecule has 1 aromatic rings. The number of hydrogen-bond donors (Lipinski definition) is 2. The van der Waals surface area contributed by atoms with E-state index in [-0.39, 0.29) is 5.69 Å². The van der Waals surface area contributed by atoms with Crippen LogP contribution in [0.4, 0.5) is 5.69 Å². The van der Waals surface area contributed by atoms with Crippen molar-refractivity contribution < 1.29 is 4.92 Å². The molecule has 1 aromatic carbocycles. The van der Waals surface area contributed by atoms with Gasteiger partial charge >= 0.3 is 0 Å². The summed E-state index contributed by atoms with van der Waals surface area (Å²) in [5.41, 5.74) is 2.09. The Kier molecular flexibility index (Phi) is 6.78. The van der Waals surface area contributed by atoms with Crippen molar-refractivity contribution >= 4 is 11.6 Å². The van der Waals surface area contributed by atoms with Crippen LogP contribution in [0.15, 0.2) is 41.4 Å². The summed E-state index contributed by atoms with van der Waals surface area (Å²) in [6.07, 6.45) is 6.17. The van der Waals surface area contributed by atoms with Gasteiger partial charge in [0.05, 0.1) is 11.5 Å². The fourth-order valence-electron chi connectivity index (χ4n) is 2.72. The molecule has 6 heteroatoms. The first kappa shape index (κ1) is 18.0. The zero-order chi connectivity index (χ0) is 17.4. The molecular weight excluding hydrogens is 304 g/mol. The number of nitrogens with one attached hydrogen (secondary N) is 2. The molecule has 0 aromatic heterocycles. The van der Waals surface area contributed by atoms with E-state index in [4.69, 9.17) is 0 Å². The number of hydrogen-bond acceptors (Lipinski definition) is 3. The van der Waals surface area contributed by atoms with Crippen molar-refractivity contribution in [1.29, 1.82) is 0 Å². The van der Waals surface area contributed by atoms with Crippen molar-refractivity contribution in [3.8, 4) is 0 Å². The maximum absolute atomic E-state index is 10.7. The van der Waals surface area contributed by atoms with Gasteiger partial charge in [0.15, 0.2) is 5.96 Å². The zero-order valence-corrected chi connectivity index (χ0v) is 14.3. The Morgan fingerprint density at radius 2 is 1.96 bits per heavy atom. The highest BCUT2D eigenvalue weighted by atomic mass is 16.6. The summed E-state index contributed by atoms with van der Waals surface area (Å²) in [4.78, 5) is 14.9. The van der Waals surface area contributed by atoms with Crippen molar-refractivity contribution in [3.63, 3.8) is 0 Å². The Balaban J connectivity index is 1.99. The first-order valence-corrected chi connectivity index (χ1v) is 8.47. The van der Waals surface area contributed by atoms with Gasteiger partial charge in [-0.25, -0.2) is 4.99 Å². The molecule has 130 valence electrons. The molecule has 0 aliphatic heterocycles. The lowest BCUT2D eigenvalue weighted by Gasteiger charge is -2.25. The molecule has 0 atom stereocenters. The molecule has 0 bridgehead atoms. The van der Waals surface area contributed by atoms with Gasteiger partial charge in [0, 0.05) is 24.7 Å². The second kappa shape index (κ2) is 9.05. The van der Waals surface area contributed by atoms with Crippen LogP contribution in [0.25, 0.3) is 0 Å². The Bertz CT molecular complexity index is 590. The van der Waals surface area contributed by atoms with Crippen molar-refractivity contribution in [3.05, 3.63) is 52.1 Å². The Hall–Kier alpha value is -2.37. The molecule has 6 nitrogen and oxygen atoms in total. The summed E-state index contributed by atoms with van der Waals surface area (Å²) in [6, 6.07) is 6.99. The Morgan fingerprint density at radius 1 is 1.29 bits per heavy atom. The van der Waals surface area contributed by atoms with Crippen LogP contribution in [-0.2, 0) is 6.54 Å². The number of guanidine groups is 1. The van der Waals surface area contributed by atoms with Crippen molar-refractivity contribution in [2.75, 3.05) is 6.54 Å². The highest BCUT2D eigenvalue weighted by Crippen LogP contribution is 2.17. The number of non-ortho nitro benzene ring substituents is 1. The number of benzene rings is 1. The summed E-state index contributed by atoms with van der Waals surface area (Å²) >= 11 is 0. The van der Waals surface area contributed by atoms with Gasteiger partial charge in [-0.05, 0) is 25.3 Å². The number of nitrogens with zero attached hydrogens (tertiary/aromatic N) is 2. The lowest BCUT2D eigenvalue weighted by Crippen LogP contribution is -2.44. The van der Waals surface area contributed by atoms with E-state index < -0.39 is 4.92 Å². The van der Waals surface area contributed by atoms with Crippen molar-refractivity contribution in [2.45, 2.75) is 51.6 Å². The Morgan fingerprint density at radius 3 is 2.54 bits per heavy atom. The molecule has 1 aliphatic rings. The second-order valence-corrected chi connectivity index (χ2v) is 6.38. The van der Waals surface area contributed by atoms with Crippen LogP contribution >= 0.6 is 0 Å². The van der Waals surface area contributed by atoms with Gasteiger partial charge in [-0.3, -0.25) is 10.1 Å². The highest BCUT2D eigenvalue weighted by molar-refractivity contribution is 5.80. The molecule has 0 radical (unpaired) electrons. The van der Waals surface area contributed by atoms with Crippen molar-refractivity contribution in [2.24, 2.45) is 4.99 Å². The van der Waals surface area contributed by atoms with E-state index in [1.165, 1.54) is 44.2 Å². The van der Waals surface area contributed by atoms with Crippen LogP contribution in [0.5, 0.6) is 0 Å². The van der Waals surface area contributed by atoms with E-state index in [9.17, 15) is 10.1 Å². The van der Waals surface area contributed by atoms with E-state index >= 15 is 0 Å². The third-order valence-electron chi connectivity index (χ3n) is 4.07. The lowest BCUT2D eigenvalue weighted by molar-refractivity contribution is -0.384. The molecule has 0 amide bonds. The van der Waals surface area contributed by atoms with Crippen LogP contribution in [0, 0.1) is 10.1 Å². The fraction of sp³-hybridized carbons (Fsp3) is 0.500. The van der Waals surface area contributed by atoms with Gasteiger partial charge in [-0.15, -0.1) is 0 Å². The summed E-state index contributed by atoms with van der Waals surface area (Å²) in [7, 11) is 0. The predicted molar refractivity (Wildman–Crippen MR) is 97.1 cm³/mol. The van der Waals surface area contributed by atoms with E-state index in [2.05, 4.69) is 22.2 Å². The summed E-state index contributed by atoms with van der Waals surface area (Å²) in [5.74, 6) is 0.781. The summed E-state index contributed by atoms with van der Waals surface area (Å²) < 4.78 is 0. The van der Waals surface area contributed by atoms with Crippen LogP contribution in [0.2, 0.25) is 0 Å². The zero-order valence-electron chi connectivity index (χ0n) is 14.3. The van der Waals surface area contributed by atoms with Crippen molar-refractivity contribution in [1.82, 2.24) is 10.6 Å². The predicted octanol–water partition coefficient (Wildman–Crippen LogP) is 3.54. The average molecular weight is 330 g/mol. The molecule has 0 unspecified atom stereocenters. The Labute approximate surface area is 143 Å². The normalized spacial score (nSPS) is 15.8. The number of aliphatic imine (C=N–C) groups is 1. The number of nitro benzene ring substituents is 1. The average Bonchev–Trinajstić information content (AvgIpc) is 2.58. The largest absolute Gasteiger partial charge is 0.354 e. The van der Waals surface area contributed by atoms with Gasteiger partial charge in [0.25, 0.3) is 5.69 Å². The maximum atomic E-state index is 10.7. The fourth-order valence-corrected chi connectivity index (χ4v) is 2.72. The minimum atomic E-state index is -0.391. The third kappa shape index (κ3) is 6.02. The first-order chi connectivity index (χ1) is 11.5. The minimum Gasteiger partial charge on any atom is -0.354 e. The van der Waals surface area contributed by atoms with Gasteiger partial charge in [-0.2, -0.15) is 0 Å². The lowest BCUT2D eigenvalue weighted by atomic mass is 9.96. The standard InChI is InChI=1S/C18H26N4O2/c1-14(2)12-19-18(21-16-6-4-3-5-7-16)20-13-15-8-10-17(11-9-15)22(23)24/h8-11,16H,1,3-7,12-13H2,2H3,(H2,19,20,21). The van der Waals surface area contributed by atoms with Crippen LogP contribution < -0.4 is 10.6 Å². The van der Waals surface area contributed by atoms with Crippen LogP contribution in [0.3, 0.4) is 0 Å². The molecule has 2 N–H and O–H groups in total. The molecule has 1 saturated carbocycles. The smallest absolute Gasteiger partial charge is 0.269 e. The van der Waals surface area contributed by atoms with Gasteiger partial charge in [0.1, 0.15) is 0 Å². The summed E-state index contributed by atoms with van der Waals surface area (Å²) in [5, 5.41) is 17.5. The maximum Gasteiger partial charge on any atom is 0.269 e. The van der Waals surface area contributed by atoms with E-state index in [1.54, 1.807) is 12.1 Å². The third-order valence-corrected chi connectivity index (χ3v) is 4.07. The molecule has 0 spiro atoms. The van der Waals surface area contributed by atoms with Gasteiger partial charge in [-0.1, -0.05) is 43.5 Å². The number of nitro groups is 1. The monoisotopic (exact) mass is 330 g/mol. The topological polar surface area (TPSA) is 79.6 Å². The minimum absolute atomic E-state index is 0.101.